The van der Waals surface area contributed by atoms with Gasteiger partial charge >= 0.3 is 6.09 Å². The number of hydrogen-bond donors (Lipinski definition) is 0. The molecule has 0 aromatic carbocycles. The van der Waals surface area contributed by atoms with Crippen molar-refractivity contribution in [2.75, 3.05) is 40.3 Å². The van der Waals surface area contributed by atoms with E-state index in [0.717, 1.165) is 19.6 Å². The van der Waals surface area contributed by atoms with Gasteiger partial charge in [-0.25, -0.2) is 4.79 Å². The average molecular weight is 213 g/mol. The molecule has 0 aromatic heterocycles. The summed E-state index contributed by atoms with van der Waals surface area (Å²) in [6.45, 7) is 3.81. The predicted molar refractivity (Wildman–Crippen MR) is 56.3 cm³/mol. The van der Waals surface area contributed by atoms with Gasteiger partial charge in [-0.15, -0.1) is 5.06 Å². The van der Waals surface area contributed by atoms with E-state index < -0.39 is 0 Å². The monoisotopic (exact) mass is 213 g/mol. The van der Waals surface area contributed by atoms with Crippen LogP contribution in [0.3, 0.4) is 0 Å². The summed E-state index contributed by atoms with van der Waals surface area (Å²) in [5.41, 5.74) is 0. The van der Waals surface area contributed by atoms with Crippen LogP contribution < -0.4 is 0 Å². The molecule has 1 unspecified atom stereocenters. The van der Waals surface area contributed by atoms with E-state index in [9.17, 15) is 4.79 Å². The third kappa shape index (κ3) is 2.41. The second kappa shape index (κ2) is 4.37. The van der Waals surface area contributed by atoms with Gasteiger partial charge in [0.15, 0.2) is 0 Å². The number of piperazine rings is 1. The van der Waals surface area contributed by atoms with Gasteiger partial charge in [0.2, 0.25) is 0 Å². The summed E-state index contributed by atoms with van der Waals surface area (Å²) < 4.78 is 0. The number of hydrogen-bond acceptors (Lipinski definition) is 4. The van der Waals surface area contributed by atoms with Crippen LogP contribution in [0.5, 0.6) is 0 Å². The minimum atomic E-state index is -0.216. The Morgan fingerprint density at radius 3 is 2.87 bits per heavy atom. The van der Waals surface area contributed by atoms with Crippen molar-refractivity contribution < 1.29 is 9.63 Å². The fraction of sp³-hybridized carbons (Fsp3) is 0.900. The molecule has 0 N–H and O–H groups in total. The largest absolute Gasteiger partial charge is 0.429 e. The molecule has 0 radical (unpaired) electrons. The summed E-state index contributed by atoms with van der Waals surface area (Å²) in [6, 6.07) is 0.563. The average Bonchev–Trinajstić information content (AvgIpc) is 2.62. The van der Waals surface area contributed by atoms with Crippen LogP contribution in [0, 0.1) is 0 Å². The molecule has 2 rings (SSSR count). The molecule has 15 heavy (non-hydrogen) atoms. The molecule has 0 aliphatic carbocycles. The molecule has 2 fully saturated rings. The van der Waals surface area contributed by atoms with Gasteiger partial charge in [0.1, 0.15) is 0 Å². The van der Waals surface area contributed by atoms with E-state index >= 15 is 0 Å². The molecule has 2 aliphatic rings. The highest BCUT2D eigenvalue weighted by Crippen LogP contribution is 2.21. The number of carbonyl (C=O) groups is 1. The Morgan fingerprint density at radius 2 is 2.13 bits per heavy atom. The van der Waals surface area contributed by atoms with Crippen molar-refractivity contribution in [1.29, 1.82) is 0 Å². The molecule has 5 heteroatoms. The second-order valence-electron chi connectivity index (χ2n) is 4.45. The molecule has 0 aromatic rings. The number of amides is 1. The van der Waals surface area contributed by atoms with Crippen LogP contribution in [-0.2, 0) is 4.84 Å². The van der Waals surface area contributed by atoms with Crippen molar-refractivity contribution in [2.45, 2.75) is 18.9 Å². The number of nitrogens with zero attached hydrogens (tertiary/aromatic N) is 3. The third-order valence-corrected chi connectivity index (χ3v) is 3.11. The smallest absolute Gasteiger partial charge is 0.351 e. The van der Waals surface area contributed by atoms with Gasteiger partial charge in [0.25, 0.3) is 0 Å². The summed E-state index contributed by atoms with van der Waals surface area (Å²) in [5.74, 6) is 0. The van der Waals surface area contributed by atoms with E-state index in [1.807, 2.05) is 4.90 Å². The normalized spacial score (nSPS) is 26.9. The topological polar surface area (TPSA) is 36.0 Å². The molecule has 2 saturated heterocycles. The molecule has 0 bridgehead atoms. The third-order valence-electron chi connectivity index (χ3n) is 3.11. The lowest BCUT2D eigenvalue weighted by atomic mass is 10.2. The summed E-state index contributed by atoms with van der Waals surface area (Å²) in [7, 11) is 3.45. The number of rotatable bonds is 1. The molecule has 1 atom stereocenters. The van der Waals surface area contributed by atoms with Gasteiger partial charge < -0.3 is 9.74 Å². The van der Waals surface area contributed by atoms with Gasteiger partial charge in [-0.05, 0) is 19.4 Å². The first-order chi connectivity index (χ1) is 7.16. The maximum atomic E-state index is 11.6. The minimum Gasteiger partial charge on any atom is -0.351 e. The van der Waals surface area contributed by atoms with Crippen molar-refractivity contribution in [3.63, 3.8) is 0 Å². The lowest BCUT2D eigenvalue weighted by molar-refractivity contribution is -0.0769. The molecule has 2 heterocycles. The van der Waals surface area contributed by atoms with Crippen LogP contribution >= 0.6 is 0 Å². The van der Waals surface area contributed by atoms with E-state index in [1.165, 1.54) is 24.4 Å². The van der Waals surface area contributed by atoms with Crippen LogP contribution in [0.1, 0.15) is 12.8 Å². The minimum absolute atomic E-state index is 0.216. The number of hydroxylamine groups is 2. The number of carbonyl (C=O) groups excluding carboxylic acids is 1. The fourth-order valence-electron chi connectivity index (χ4n) is 2.37. The van der Waals surface area contributed by atoms with Gasteiger partial charge in [0, 0.05) is 39.8 Å². The Bertz CT molecular complexity index is 245. The zero-order valence-electron chi connectivity index (χ0n) is 9.48. The molecule has 86 valence electrons. The molecule has 0 saturated carbocycles. The van der Waals surface area contributed by atoms with E-state index in [4.69, 9.17) is 4.84 Å². The Hall–Kier alpha value is -0.810. The Balaban J connectivity index is 1.86. The Labute approximate surface area is 90.5 Å². The van der Waals surface area contributed by atoms with E-state index in [-0.39, 0.29) is 6.09 Å². The molecule has 5 nitrogen and oxygen atoms in total. The first-order valence-corrected chi connectivity index (χ1v) is 5.55. The molecular weight excluding hydrogens is 194 g/mol. The standard InChI is InChI=1S/C10H19N3O2/c1-11(2)15-10(14)13-7-6-12-5-3-4-9(12)8-13/h9H,3-8H2,1-2H3. The zero-order chi connectivity index (χ0) is 10.8. The summed E-state index contributed by atoms with van der Waals surface area (Å²) in [4.78, 5) is 21.0. The van der Waals surface area contributed by atoms with Gasteiger partial charge in [-0.2, -0.15) is 0 Å². The molecule has 2 aliphatic heterocycles. The van der Waals surface area contributed by atoms with Crippen molar-refractivity contribution in [3.05, 3.63) is 0 Å². The van der Waals surface area contributed by atoms with Gasteiger partial charge in [-0.1, -0.05) is 0 Å². The van der Waals surface area contributed by atoms with Crippen molar-refractivity contribution in [3.8, 4) is 0 Å². The zero-order valence-corrected chi connectivity index (χ0v) is 9.48. The Morgan fingerprint density at radius 1 is 1.33 bits per heavy atom. The van der Waals surface area contributed by atoms with Crippen LogP contribution in [0.4, 0.5) is 4.79 Å². The first-order valence-electron chi connectivity index (χ1n) is 5.55. The van der Waals surface area contributed by atoms with Crippen LogP contribution in [0.15, 0.2) is 0 Å². The van der Waals surface area contributed by atoms with Crippen molar-refractivity contribution in [2.24, 2.45) is 0 Å². The summed E-state index contributed by atoms with van der Waals surface area (Å²) in [6.07, 6.45) is 2.26. The van der Waals surface area contributed by atoms with E-state index in [1.54, 1.807) is 14.1 Å². The van der Waals surface area contributed by atoms with Crippen molar-refractivity contribution >= 4 is 6.09 Å². The van der Waals surface area contributed by atoms with Gasteiger partial charge in [-0.3, -0.25) is 4.90 Å². The maximum Gasteiger partial charge on any atom is 0.429 e. The summed E-state index contributed by atoms with van der Waals surface area (Å²) in [5, 5.41) is 1.45. The van der Waals surface area contributed by atoms with Crippen LogP contribution in [0.25, 0.3) is 0 Å². The highest BCUT2D eigenvalue weighted by atomic mass is 16.7. The van der Waals surface area contributed by atoms with E-state index in [2.05, 4.69) is 4.90 Å². The molecule has 1 amide bonds. The summed E-state index contributed by atoms with van der Waals surface area (Å²) >= 11 is 0. The fourth-order valence-corrected chi connectivity index (χ4v) is 2.37. The second-order valence-corrected chi connectivity index (χ2v) is 4.45. The van der Waals surface area contributed by atoms with Crippen LogP contribution in [-0.4, -0.2) is 67.3 Å². The molecule has 0 spiro atoms. The predicted octanol–water partition coefficient (Wildman–Crippen LogP) is 0.380. The van der Waals surface area contributed by atoms with Crippen molar-refractivity contribution in [1.82, 2.24) is 14.9 Å². The SMILES string of the molecule is CN(C)OC(=O)N1CCN2CCCC2C1. The van der Waals surface area contributed by atoms with E-state index in [0.29, 0.717) is 6.04 Å². The highest BCUT2D eigenvalue weighted by molar-refractivity contribution is 5.67. The quantitative estimate of drug-likeness (QED) is 0.590. The van der Waals surface area contributed by atoms with Crippen LogP contribution in [0.2, 0.25) is 0 Å². The lowest BCUT2D eigenvalue weighted by Gasteiger charge is -2.36. The molecular formula is C10H19N3O2. The maximum absolute atomic E-state index is 11.6. The van der Waals surface area contributed by atoms with Gasteiger partial charge in [0.05, 0.1) is 0 Å². The Kier molecular flexibility index (Phi) is 3.11. The number of fused-ring (bicyclic) bond motifs is 1. The lowest BCUT2D eigenvalue weighted by Crippen LogP contribution is -2.52. The first kappa shape index (κ1) is 10.7. The highest BCUT2D eigenvalue weighted by Gasteiger charge is 2.33.